The third-order valence-corrected chi connectivity index (χ3v) is 3.29. The summed E-state index contributed by atoms with van der Waals surface area (Å²) in [5.74, 6) is 1.09. The lowest BCUT2D eigenvalue weighted by Gasteiger charge is -2.12. The summed E-state index contributed by atoms with van der Waals surface area (Å²) in [6, 6.07) is 8.91. The molecule has 92 valence electrons. The highest BCUT2D eigenvalue weighted by Gasteiger charge is 2.06. The van der Waals surface area contributed by atoms with E-state index in [9.17, 15) is 0 Å². The van der Waals surface area contributed by atoms with E-state index < -0.39 is 0 Å². The van der Waals surface area contributed by atoms with Gasteiger partial charge in [0.1, 0.15) is 5.82 Å². The van der Waals surface area contributed by atoms with E-state index in [2.05, 4.69) is 53.8 Å². The molecule has 0 aliphatic heterocycles. The number of imidazole rings is 1. The lowest BCUT2D eigenvalue weighted by molar-refractivity contribution is 0.505. The Morgan fingerprint density at radius 1 is 1.35 bits per heavy atom. The first-order valence-electron chi connectivity index (χ1n) is 6.37. The molecule has 0 saturated carbocycles. The van der Waals surface area contributed by atoms with E-state index in [0.717, 1.165) is 24.4 Å². The van der Waals surface area contributed by atoms with Crippen molar-refractivity contribution >= 4 is 11.0 Å². The molecule has 0 fully saturated rings. The van der Waals surface area contributed by atoms with E-state index in [1.165, 1.54) is 11.9 Å². The summed E-state index contributed by atoms with van der Waals surface area (Å²) in [6.07, 6.45) is 1.17. The van der Waals surface area contributed by atoms with Crippen LogP contribution in [0.4, 0.5) is 0 Å². The number of hydrogen-bond acceptors (Lipinski definition) is 2. The van der Waals surface area contributed by atoms with Gasteiger partial charge in [0, 0.05) is 19.1 Å². The van der Waals surface area contributed by atoms with E-state index in [1.54, 1.807) is 0 Å². The zero-order valence-electron chi connectivity index (χ0n) is 10.9. The van der Waals surface area contributed by atoms with E-state index in [1.807, 2.05) is 6.07 Å². The number of benzene rings is 1. The number of aromatic nitrogens is 2. The third kappa shape index (κ3) is 2.67. The second kappa shape index (κ2) is 5.32. The number of hydrogen-bond donors (Lipinski definition) is 1. The van der Waals surface area contributed by atoms with Gasteiger partial charge in [-0.05, 0) is 32.4 Å². The molecule has 1 aromatic heterocycles. The molecule has 0 saturated heterocycles. The average molecular weight is 231 g/mol. The van der Waals surface area contributed by atoms with Crippen molar-refractivity contribution in [3.63, 3.8) is 0 Å². The molecule has 3 heteroatoms. The summed E-state index contributed by atoms with van der Waals surface area (Å²) >= 11 is 0. The van der Waals surface area contributed by atoms with Gasteiger partial charge in [0.15, 0.2) is 0 Å². The van der Waals surface area contributed by atoms with Crippen LogP contribution in [0.3, 0.4) is 0 Å². The number of nitrogens with zero attached hydrogens (tertiary/aromatic N) is 2. The minimum atomic E-state index is 0.588. The molecule has 0 bridgehead atoms. The second-order valence-corrected chi connectivity index (χ2v) is 4.56. The van der Waals surface area contributed by atoms with Gasteiger partial charge in [-0.25, -0.2) is 4.98 Å². The van der Waals surface area contributed by atoms with Gasteiger partial charge in [-0.15, -0.1) is 0 Å². The third-order valence-electron chi connectivity index (χ3n) is 3.29. The summed E-state index contributed by atoms with van der Waals surface area (Å²) in [5.41, 5.74) is 2.32. The highest BCUT2D eigenvalue weighted by Crippen LogP contribution is 2.14. The number of rotatable bonds is 5. The van der Waals surface area contributed by atoms with Crippen molar-refractivity contribution in [1.29, 1.82) is 0 Å². The van der Waals surface area contributed by atoms with E-state index in [4.69, 9.17) is 0 Å². The predicted molar refractivity (Wildman–Crippen MR) is 72.2 cm³/mol. The minimum Gasteiger partial charge on any atom is -0.327 e. The van der Waals surface area contributed by atoms with Gasteiger partial charge in [-0.1, -0.05) is 19.1 Å². The first-order chi connectivity index (χ1) is 8.22. The maximum atomic E-state index is 4.57. The molecule has 1 unspecified atom stereocenters. The zero-order chi connectivity index (χ0) is 12.3. The van der Waals surface area contributed by atoms with Crippen LogP contribution in [0.5, 0.6) is 0 Å². The maximum Gasteiger partial charge on any atom is 0.106 e. The zero-order valence-corrected chi connectivity index (χ0v) is 10.9. The van der Waals surface area contributed by atoms with E-state index in [-0.39, 0.29) is 0 Å². The van der Waals surface area contributed by atoms with Crippen molar-refractivity contribution in [2.75, 3.05) is 6.54 Å². The number of para-hydroxylation sites is 2. The molecule has 2 rings (SSSR count). The number of aryl methyl sites for hydroxylation is 1. The van der Waals surface area contributed by atoms with Crippen LogP contribution in [0, 0.1) is 6.92 Å². The largest absolute Gasteiger partial charge is 0.327 e. The lowest BCUT2D eigenvalue weighted by atomic mass is 10.2. The molecule has 17 heavy (non-hydrogen) atoms. The van der Waals surface area contributed by atoms with Gasteiger partial charge in [-0.3, -0.25) is 0 Å². The Bertz CT molecular complexity index is 487. The standard InChI is InChI=1S/C14H21N3/c1-4-11(2)15-9-10-17-12(3)16-13-7-5-6-8-14(13)17/h5-8,11,15H,4,9-10H2,1-3H3. The molecule has 3 nitrogen and oxygen atoms in total. The van der Waals surface area contributed by atoms with Crippen molar-refractivity contribution < 1.29 is 0 Å². The average Bonchev–Trinajstić information content (AvgIpc) is 2.66. The Labute approximate surface area is 103 Å². The highest BCUT2D eigenvalue weighted by atomic mass is 15.1. The SMILES string of the molecule is CCC(C)NCCn1c(C)nc2ccccc21. The molecule has 0 radical (unpaired) electrons. The molecule has 1 atom stereocenters. The Morgan fingerprint density at radius 3 is 2.88 bits per heavy atom. The minimum absolute atomic E-state index is 0.588. The molecular formula is C14H21N3. The van der Waals surface area contributed by atoms with Crippen LogP contribution in [-0.2, 0) is 6.54 Å². The fraction of sp³-hybridized carbons (Fsp3) is 0.500. The van der Waals surface area contributed by atoms with Crippen molar-refractivity contribution in [2.24, 2.45) is 0 Å². The van der Waals surface area contributed by atoms with Crippen LogP contribution < -0.4 is 5.32 Å². The number of nitrogens with one attached hydrogen (secondary N) is 1. The van der Waals surface area contributed by atoms with Crippen molar-refractivity contribution in [3.8, 4) is 0 Å². The molecule has 0 aliphatic rings. The normalized spacial score (nSPS) is 13.1. The van der Waals surface area contributed by atoms with E-state index >= 15 is 0 Å². The number of fused-ring (bicyclic) bond motifs is 1. The monoisotopic (exact) mass is 231 g/mol. The summed E-state index contributed by atoms with van der Waals surface area (Å²) in [6.45, 7) is 8.48. The van der Waals surface area contributed by atoms with Gasteiger partial charge in [-0.2, -0.15) is 0 Å². The molecule has 0 spiro atoms. The van der Waals surface area contributed by atoms with Crippen LogP contribution in [-0.4, -0.2) is 22.1 Å². The molecular weight excluding hydrogens is 210 g/mol. The van der Waals surface area contributed by atoms with Crippen LogP contribution in [0.2, 0.25) is 0 Å². The van der Waals surface area contributed by atoms with Gasteiger partial charge < -0.3 is 9.88 Å². The van der Waals surface area contributed by atoms with Crippen LogP contribution in [0.1, 0.15) is 26.1 Å². The summed E-state index contributed by atoms with van der Waals surface area (Å²) in [7, 11) is 0. The molecule has 1 N–H and O–H groups in total. The maximum absolute atomic E-state index is 4.57. The first kappa shape index (κ1) is 12.1. The summed E-state index contributed by atoms with van der Waals surface area (Å²) in [5, 5.41) is 3.51. The van der Waals surface area contributed by atoms with Gasteiger partial charge in [0.2, 0.25) is 0 Å². The Hall–Kier alpha value is -1.35. The van der Waals surface area contributed by atoms with Crippen molar-refractivity contribution in [1.82, 2.24) is 14.9 Å². The second-order valence-electron chi connectivity index (χ2n) is 4.56. The van der Waals surface area contributed by atoms with Crippen molar-refractivity contribution in [2.45, 2.75) is 39.8 Å². The Kier molecular flexibility index (Phi) is 3.79. The smallest absolute Gasteiger partial charge is 0.106 e. The highest BCUT2D eigenvalue weighted by molar-refractivity contribution is 5.75. The molecule has 0 amide bonds. The quantitative estimate of drug-likeness (QED) is 0.857. The fourth-order valence-corrected chi connectivity index (χ4v) is 2.05. The molecule has 2 aromatic rings. The van der Waals surface area contributed by atoms with Crippen LogP contribution >= 0.6 is 0 Å². The van der Waals surface area contributed by atoms with Gasteiger partial charge in [0.25, 0.3) is 0 Å². The lowest BCUT2D eigenvalue weighted by Crippen LogP contribution is -2.28. The fourth-order valence-electron chi connectivity index (χ4n) is 2.05. The Morgan fingerprint density at radius 2 is 2.12 bits per heavy atom. The predicted octanol–water partition coefficient (Wildman–Crippen LogP) is 2.73. The molecule has 1 aromatic carbocycles. The van der Waals surface area contributed by atoms with E-state index in [0.29, 0.717) is 6.04 Å². The topological polar surface area (TPSA) is 29.9 Å². The molecule has 1 heterocycles. The van der Waals surface area contributed by atoms with Gasteiger partial charge >= 0.3 is 0 Å². The Balaban J connectivity index is 2.10. The first-order valence-corrected chi connectivity index (χ1v) is 6.37. The van der Waals surface area contributed by atoms with Gasteiger partial charge in [0.05, 0.1) is 11.0 Å². The summed E-state index contributed by atoms with van der Waals surface area (Å²) in [4.78, 5) is 4.57. The van der Waals surface area contributed by atoms with Crippen molar-refractivity contribution in [3.05, 3.63) is 30.1 Å². The van der Waals surface area contributed by atoms with Crippen LogP contribution in [0.25, 0.3) is 11.0 Å². The molecule has 0 aliphatic carbocycles. The summed E-state index contributed by atoms with van der Waals surface area (Å²) < 4.78 is 2.28. The van der Waals surface area contributed by atoms with Crippen LogP contribution in [0.15, 0.2) is 24.3 Å².